The van der Waals surface area contributed by atoms with Gasteiger partial charge in [0.15, 0.2) is 5.82 Å². The average Bonchev–Trinajstić information content (AvgIpc) is 2.68. The van der Waals surface area contributed by atoms with E-state index in [9.17, 15) is 4.79 Å². The highest BCUT2D eigenvalue weighted by Crippen LogP contribution is 2.12. The predicted octanol–water partition coefficient (Wildman–Crippen LogP) is 1.87. The Morgan fingerprint density at radius 3 is 2.58 bits per heavy atom. The van der Waals surface area contributed by atoms with Gasteiger partial charge in [0.25, 0.3) is 0 Å². The van der Waals surface area contributed by atoms with Gasteiger partial charge < -0.3 is 5.32 Å². The predicted molar refractivity (Wildman–Crippen MR) is 72.1 cm³/mol. The maximum Gasteiger partial charge on any atom is 0.228 e. The Hall–Kier alpha value is -2.24. The Kier molecular flexibility index (Phi) is 3.59. The van der Waals surface area contributed by atoms with Crippen molar-refractivity contribution in [1.29, 1.82) is 0 Å². The van der Waals surface area contributed by atoms with Gasteiger partial charge in [0.1, 0.15) is 12.1 Å². The lowest BCUT2D eigenvalue weighted by atomic mass is 10.2. The van der Waals surface area contributed by atoms with Crippen molar-refractivity contribution < 1.29 is 4.79 Å². The van der Waals surface area contributed by atoms with Crippen LogP contribution < -0.4 is 5.32 Å². The third-order valence-corrected chi connectivity index (χ3v) is 2.65. The molecule has 0 saturated heterocycles. The van der Waals surface area contributed by atoms with E-state index in [4.69, 9.17) is 0 Å². The molecule has 0 fully saturated rings. The van der Waals surface area contributed by atoms with Crippen LogP contribution in [0.25, 0.3) is 5.82 Å². The van der Waals surface area contributed by atoms with Crippen LogP contribution >= 0.6 is 0 Å². The fourth-order valence-electron chi connectivity index (χ4n) is 1.66. The molecule has 2 aromatic rings. The number of hydrogen-bond acceptors (Lipinski definition) is 4. The number of nitrogens with zero attached hydrogens (tertiary/aromatic N) is 4. The number of nitrogens with one attached hydrogen (secondary N) is 1. The Balaban J connectivity index is 2.29. The van der Waals surface area contributed by atoms with Gasteiger partial charge in [0.05, 0.1) is 5.69 Å². The highest BCUT2D eigenvalue weighted by Gasteiger charge is 2.10. The van der Waals surface area contributed by atoms with Crippen molar-refractivity contribution in [3.05, 3.63) is 29.8 Å². The highest BCUT2D eigenvalue weighted by molar-refractivity contribution is 5.91. The van der Waals surface area contributed by atoms with Crippen molar-refractivity contribution >= 4 is 11.7 Å². The van der Waals surface area contributed by atoms with Crippen LogP contribution in [0.4, 0.5) is 5.82 Å². The quantitative estimate of drug-likeness (QED) is 0.913. The molecule has 2 heterocycles. The number of carbonyl (C=O) groups is 1. The first kappa shape index (κ1) is 13.2. The molecule has 0 aliphatic rings. The minimum atomic E-state index is -0.0906. The van der Waals surface area contributed by atoms with Crippen LogP contribution in [-0.2, 0) is 4.79 Å². The molecule has 0 aromatic carbocycles. The van der Waals surface area contributed by atoms with Crippen LogP contribution in [0.2, 0.25) is 0 Å². The fraction of sp³-hybridized carbons (Fsp3) is 0.385. The molecule has 100 valence electrons. The van der Waals surface area contributed by atoms with Gasteiger partial charge in [-0.05, 0) is 19.9 Å². The minimum absolute atomic E-state index is 0.0713. The van der Waals surface area contributed by atoms with E-state index in [0.29, 0.717) is 11.6 Å². The second-order valence-electron chi connectivity index (χ2n) is 4.74. The molecule has 6 heteroatoms. The Morgan fingerprint density at radius 1 is 1.26 bits per heavy atom. The maximum absolute atomic E-state index is 11.6. The number of aromatic nitrogens is 4. The lowest BCUT2D eigenvalue weighted by molar-refractivity contribution is -0.118. The molecule has 0 spiro atoms. The molecule has 0 saturated carbocycles. The topological polar surface area (TPSA) is 72.7 Å². The number of hydrogen-bond donors (Lipinski definition) is 1. The average molecular weight is 259 g/mol. The first-order valence-electron chi connectivity index (χ1n) is 6.14. The van der Waals surface area contributed by atoms with Crippen molar-refractivity contribution in [3.63, 3.8) is 0 Å². The fourth-order valence-corrected chi connectivity index (χ4v) is 1.66. The summed E-state index contributed by atoms with van der Waals surface area (Å²) in [6, 6.07) is 3.67. The van der Waals surface area contributed by atoms with E-state index in [2.05, 4.69) is 20.4 Å². The number of amides is 1. The Morgan fingerprint density at radius 2 is 2.00 bits per heavy atom. The van der Waals surface area contributed by atoms with Crippen LogP contribution in [-0.4, -0.2) is 25.7 Å². The molecule has 0 aliphatic carbocycles. The molecular weight excluding hydrogens is 242 g/mol. The van der Waals surface area contributed by atoms with Gasteiger partial charge in [-0.2, -0.15) is 5.10 Å². The third-order valence-electron chi connectivity index (χ3n) is 2.65. The lowest BCUT2D eigenvalue weighted by Gasteiger charge is -2.08. The monoisotopic (exact) mass is 259 g/mol. The zero-order chi connectivity index (χ0) is 14.0. The van der Waals surface area contributed by atoms with Gasteiger partial charge >= 0.3 is 0 Å². The molecule has 2 aromatic heterocycles. The summed E-state index contributed by atoms with van der Waals surface area (Å²) in [7, 11) is 0. The third kappa shape index (κ3) is 2.96. The standard InChI is InChI=1S/C13H17N5O/c1-8(2)13(19)16-11-6-12(15-7-14-11)18-10(4)5-9(3)17-18/h5-8H,1-4H3,(H,14,15,16,19). The summed E-state index contributed by atoms with van der Waals surface area (Å²) in [5.74, 6) is 0.959. The van der Waals surface area contributed by atoms with E-state index in [0.717, 1.165) is 11.4 Å². The SMILES string of the molecule is Cc1cc(C)n(-c2cc(NC(=O)C(C)C)ncn2)n1. The largest absolute Gasteiger partial charge is 0.310 e. The van der Waals surface area contributed by atoms with Gasteiger partial charge in [-0.25, -0.2) is 14.6 Å². The van der Waals surface area contributed by atoms with Gasteiger partial charge in [-0.15, -0.1) is 0 Å². The summed E-state index contributed by atoms with van der Waals surface area (Å²) in [6.45, 7) is 7.54. The summed E-state index contributed by atoms with van der Waals surface area (Å²) in [5, 5.41) is 7.10. The first-order chi connectivity index (χ1) is 8.97. The first-order valence-corrected chi connectivity index (χ1v) is 6.14. The smallest absolute Gasteiger partial charge is 0.228 e. The van der Waals surface area contributed by atoms with Crippen LogP contribution in [0.1, 0.15) is 25.2 Å². The second-order valence-corrected chi connectivity index (χ2v) is 4.74. The van der Waals surface area contributed by atoms with Gasteiger partial charge in [0.2, 0.25) is 5.91 Å². The molecule has 0 bridgehead atoms. The Bertz CT molecular complexity index is 603. The number of aryl methyl sites for hydroxylation is 2. The van der Waals surface area contributed by atoms with Crippen LogP contribution in [0.15, 0.2) is 18.5 Å². The van der Waals surface area contributed by atoms with E-state index >= 15 is 0 Å². The second kappa shape index (κ2) is 5.17. The molecule has 6 nitrogen and oxygen atoms in total. The van der Waals surface area contributed by atoms with E-state index in [1.807, 2.05) is 33.8 Å². The summed E-state index contributed by atoms with van der Waals surface area (Å²) >= 11 is 0. The Labute approximate surface area is 111 Å². The van der Waals surface area contributed by atoms with E-state index < -0.39 is 0 Å². The van der Waals surface area contributed by atoms with Crippen molar-refractivity contribution in [2.75, 3.05) is 5.32 Å². The number of carbonyl (C=O) groups excluding carboxylic acids is 1. The van der Waals surface area contributed by atoms with Crippen LogP contribution in [0.3, 0.4) is 0 Å². The maximum atomic E-state index is 11.6. The summed E-state index contributed by atoms with van der Waals surface area (Å²) in [5.41, 5.74) is 1.90. The molecule has 1 amide bonds. The molecule has 0 atom stereocenters. The van der Waals surface area contributed by atoms with Gasteiger partial charge in [0, 0.05) is 17.7 Å². The van der Waals surface area contributed by atoms with Gasteiger partial charge in [-0.3, -0.25) is 4.79 Å². The van der Waals surface area contributed by atoms with Crippen molar-refractivity contribution in [1.82, 2.24) is 19.7 Å². The molecule has 0 radical (unpaired) electrons. The van der Waals surface area contributed by atoms with Gasteiger partial charge in [-0.1, -0.05) is 13.8 Å². The summed E-state index contributed by atoms with van der Waals surface area (Å²) in [6.07, 6.45) is 1.42. The zero-order valence-electron chi connectivity index (χ0n) is 11.5. The molecule has 2 rings (SSSR count). The molecule has 1 N–H and O–H groups in total. The lowest BCUT2D eigenvalue weighted by Crippen LogP contribution is -2.19. The molecular formula is C13H17N5O. The van der Waals surface area contributed by atoms with E-state index in [1.165, 1.54) is 6.33 Å². The van der Waals surface area contributed by atoms with E-state index in [-0.39, 0.29) is 11.8 Å². The molecule has 0 unspecified atom stereocenters. The van der Waals surface area contributed by atoms with Crippen LogP contribution in [0.5, 0.6) is 0 Å². The van der Waals surface area contributed by atoms with E-state index in [1.54, 1.807) is 10.7 Å². The van der Waals surface area contributed by atoms with Crippen molar-refractivity contribution in [2.24, 2.45) is 5.92 Å². The summed E-state index contributed by atoms with van der Waals surface area (Å²) in [4.78, 5) is 19.9. The van der Waals surface area contributed by atoms with Crippen molar-refractivity contribution in [2.45, 2.75) is 27.7 Å². The number of anilines is 1. The molecule has 19 heavy (non-hydrogen) atoms. The normalized spacial score (nSPS) is 10.8. The number of rotatable bonds is 3. The van der Waals surface area contributed by atoms with Crippen molar-refractivity contribution in [3.8, 4) is 5.82 Å². The minimum Gasteiger partial charge on any atom is -0.310 e. The summed E-state index contributed by atoms with van der Waals surface area (Å²) < 4.78 is 1.72. The zero-order valence-corrected chi connectivity index (χ0v) is 11.5. The highest BCUT2D eigenvalue weighted by atomic mass is 16.1. The molecule has 0 aliphatic heterocycles. The van der Waals surface area contributed by atoms with Crippen LogP contribution in [0, 0.1) is 19.8 Å².